The lowest BCUT2D eigenvalue weighted by Gasteiger charge is -2.11. The molecule has 3 rings (SSSR count). The van der Waals surface area contributed by atoms with Crippen LogP contribution >= 0.6 is 0 Å². The van der Waals surface area contributed by atoms with Gasteiger partial charge in [0.2, 0.25) is 5.76 Å². The normalized spacial score (nSPS) is 11.9. The van der Waals surface area contributed by atoms with Gasteiger partial charge in [-0.2, -0.15) is 0 Å². The SMILES string of the molecule is Cc1ccc2oc(C(=O)OCC(=O)N[C@H](C)c3ccco3)cc(=O)c2c1. The molecule has 1 amide bonds. The topological polar surface area (TPSA) is 98.8 Å². The van der Waals surface area contributed by atoms with Crippen LogP contribution in [0.4, 0.5) is 0 Å². The number of amides is 1. The number of hydrogen-bond acceptors (Lipinski definition) is 6. The Labute approximate surface area is 148 Å². The first-order chi connectivity index (χ1) is 12.4. The number of carbonyl (C=O) groups excluding carboxylic acids is 2. The molecule has 1 aromatic carbocycles. The second-order valence-electron chi connectivity index (χ2n) is 5.86. The van der Waals surface area contributed by atoms with E-state index in [2.05, 4.69) is 5.32 Å². The largest absolute Gasteiger partial charge is 0.467 e. The van der Waals surface area contributed by atoms with E-state index >= 15 is 0 Å². The molecule has 0 spiro atoms. The molecule has 2 heterocycles. The number of rotatable bonds is 5. The van der Waals surface area contributed by atoms with Crippen molar-refractivity contribution >= 4 is 22.8 Å². The van der Waals surface area contributed by atoms with Crippen LogP contribution in [-0.2, 0) is 9.53 Å². The molecule has 0 bridgehead atoms. The van der Waals surface area contributed by atoms with E-state index in [0.29, 0.717) is 11.1 Å². The molecule has 0 radical (unpaired) electrons. The molecule has 2 aromatic heterocycles. The van der Waals surface area contributed by atoms with E-state index in [1.807, 2.05) is 6.92 Å². The molecule has 0 aliphatic heterocycles. The van der Waals surface area contributed by atoms with Gasteiger partial charge in [0, 0.05) is 6.07 Å². The van der Waals surface area contributed by atoms with E-state index in [9.17, 15) is 14.4 Å². The fourth-order valence-corrected chi connectivity index (χ4v) is 2.46. The van der Waals surface area contributed by atoms with Gasteiger partial charge in [-0.3, -0.25) is 9.59 Å². The lowest BCUT2D eigenvalue weighted by atomic mass is 10.1. The van der Waals surface area contributed by atoms with Gasteiger partial charge in [-0.25, -0.2) is 4.79 Å². The molecular formula is C19H17NO6. The number of fused-ring (bicyclic) bond motifs is 1. The number of nitrogens with one attached hydrogen (secondary N) is 1. The molecule has 1 atom stereocenters. The fraction of sp³-hybridized carbons (Fsp3) is 0.211. The van der Waals surface area contributed by atoms with Crippen LogP contribution in [0.1, 0.15) is 34.8 Å². The van der Waals surface area contributed by atoms with E-state index in [-0.39, 0.29) is 22.8 Å². The lowest BCUT2D eigenvalue weighted by Crippen LogP contribution is -2.31. The molecule has 0 unspecified atom stereocenters. The summed E-state index contributed by atoms with van der Waals surface area (Å²) in [4.78, 5) is 36.1. The van der Waals surface area contributed by atoms with Gasteiger partial charge in [0.15, 0.2) is 12.0 Å². The Hall–Kier alpha value is -3.35. The van der Waals surface area contributed by atoms with Crippen LogP contribution in [0, 0.1) is 6.92 Å². The predicted octanol–water partition coefficient (Wildman–Crippen LogP) is 2.73. The molecule has 134 valence electrons. The first kappa shape index (κ1) is 17.5. The second kappa shape index (κ2) is 7.26. The molecule has 7 nitrogen and oxygen atoms in total. The van der Waals surface area contributed by atoms with Crippen molar-refractivity contribution in [2.75, 3.05) is 6.61 Å². The lowest BCUT2D eigenvalue weighted by molar-refractivity contribution is -0.125. The van der Waals surface area contributed by atoms with Crippen molar-refractivity contribution in [1.29, 1.82) is 0 Å². The highest BCUT2D eigenvalue weighted by Crippen LogP contribution is 2.15. The third-order valence-corrected chi connectivity index (χ3v) is 3.77. The zero-order valence-corrected chi connectivity index (χ0v) is 14.3. The number of hydrogen-bond donors (Lipinski definition) is 1. The summed E-state index contributed by atoms with van der Waals surface area (Å²) in [6.45, 7) is 3.09. The number of benzene rings is 1. The van der Waals surface area contributed by atoms with E-state index in [0.717, 1.165) is 11.6 Å². The Balaban J connectivity index is 1.65. The van der Waals surface area contributed by atoms with Crippen molar-refractivity contribution in [1.82, 2.24) is 5.32 Å². The van der Waals surface area contributed by atoms with Gasteiger partial charge in [0.05, 0.1) is 17.7 Å². The average molecular weight is 355 g/mol. The van der Waals surface area contributed by atoms with Crippen LogP contribution < -0.4 is 10.7 Å². The van der Waals surface area contributed by atoms with Crippen LogP contribution in [-0.4, -0.2) is 18.5 Å². The Morgan fingerprint density at radius 3 is 2.77 bits per heavy atom. The Morgan fingerprint density at radius 1 is 1.23 bits per heavy atom. The molecule has 0 saturated carbocycles. The number of ether oxygens (including phenoxy) is 1. The maximum Gasteiger partial charge on any atom is 0.374 e. The van der Waals surface area contributed by atoms with Crippen molar-refractivity contribution in [3.05, 3.63) is 70.0 Å². The molecule has 1 N–H and O–H groups in total. The summed E-state index contributed by atoms with van der Waals surface area (Å²) in [5.41, 5.74) is 0.839. The Bertz CT molecular complexity index is 1000. The minimum absolute atomic E-state index is 0.252. The first-order valence-electron chi connectivity index (χ1n) is 7.98. The summed E-state index contributed by atoms with van der Waals surface area (Å²) in [7, 11) is 0. The average Bonchev–Trinajstić information content (AvgIpc) is 3.15. The summed E-state index contributed by atoms with van der Waals surface area (Å²) in [5, 5.41) is 3.02. The van der Waals surface area contributed by atoms with Crippen molar-refractivity contribution in [3.8, 4) is 0 Å². The maximum absolute atomic E-state index is 12.1. The smallest absolute Gasteiger partial charge is 0.374 e. The van der Waals surface area contributed by atoms with Gasteiger partial charge in [0.25, 0.3) is 5.91 Å². The monoisotopic (exact) mass is 355 g/mol. The quantitative estimate of drug-likeness (QED) is 0.707. The number of esters is 1. The summed E-state index contributed by atoms with van der Waals surface area (Å²) >= 11 is 0. The van der Waals surface area contributed by atoms with Gasteiger partial charge >= 0.3 is 5.97 Å². The van der Waals surface area contributed by atoms with E-state index < -0.39 is 18.5 Å². The molecular weight excluding hydrogens is 338 g/mol. The number of furan rings is 1. The van der Waals surface area contributed by atoms with Gasteiger partial charge < -0.3 is 18.9 Å². The van der Waals surface area contributed by atoms with E-state index in [4.69, 9.17) is 13.6 Å². The van der Waals surface area contributed by atoms with E-state index in [1.165, 1.54) is 6.26 Å². The van der Waals surface area contributed by atoms with Crippen LogP contribution in [0.5, 0.6) is 0 Å². The number of carbonyl (C=O) groups is 2. The fourth-order valence-electron chi connectivity index (χ4n) is 2.46. The van der Waals surface area contributed by atoms with Gasteiger partial charge in [-0.15, -0.1) is 0 Å². The van der Waals surface area contributed by atoms with Crippen LogP contribution in [0.25, 0.3) is 11.0 Å². The summed E-state index contributed by atoms with van der Waals surface area (Å²) in [5.74, 6) is -1.05. The Morgan fingerprint density at radius 2 is 2.04 bits per heavy atom. The van der Waals surface area contributed by atoms with Gasteiger partial charge in [0.1, 0.15) is 11.3 Å². The molecule has 0 aliphatic rings. The van der Waals surface area contributed by atoms with Crippen molar-refractivity contribution in [2.24, 2.45) is 0 Å². The van der Waals surface area contributed by atoms with Gasteiger partial charge in [-0.05, 0) is 38.1 Å². The van der Waals surface area contributed by atoms with Crippen LogP contribution in [0.2, 0.25) is 0 Å². The summed E-state index contributed by atoms with van der Waals surface area (Å²) < 4.78 is 15.5. The third-order valence-electron chi connectivity index (χ3n) is 3.77. The highest BCUT2D eigenvalue weighted by Gasteiger charge is 2.17. The zero-order valence-electron chi connectivity index (χ0n) is 14.3. The maximum atomic E-state index is 12.1. The van der Waals surface area contributed by atoms with Crippen molar-refractivity contribution in [2.45, 2.75) is 19.9 Å². The summed E-state index contributed by atoms with van der Waals surface area (Å²) in [6.07, 6.45) is 1.50. The molecule has 0 aliphatic carbocycles. The highest BCUT2D eigenvalue weighted by atomic mass is 16.5. The van der Waals surface area contributed by atoms with Crippen molar-refractivity contribution < 1.29 is 23.2 Å². The molecule has 7 heteroatoms. The number of aryl methyl sites for hydroxylation is 1. The molecule has 3 aromatic rings. The van der Waals surface area contributed by atoms with Crippen LogP contribution in [0.15, 0.2) is 56.3 Å². The van der Waals surface area contributed by atoms with Crippen LogP contribution in [0.3, 0.4) is 0 Å². The Kier molecular flexibility index (Phi) is 4.88. The molecule has 26 heavy (non-hydrogen) atoms. The minimum Gasteiger partial charge on any atom is -0.467 e. The standard InChI is InChI=1S/C19H17NO6/c1-11-5-6-16-13(8-11)14(21)9-17(26-16)19(23)25-10-18(22)20-12(2)15-4-3-7-24-15/h3-9,12H,10H2,1-2H3,(H,20,22)/t12-/m1/s1. The highest BCUT2D eigenvalue weighted by molar-refractivity contribution is 5.90. The predicted molar refractivity (Wildman–Crippen MR) is 92.8 cm³/mol. The van der Waals surface area contributed by atoms with Gasteiger partial charge in [-0.1, -0.05) is 11.6 Å². The van der Waals surface area contributed by atoms with Crippen molar-refractivity contribution in [3.63, 3.8) is 0 Å². The minimum atomic E-state index is -0.884. The molecule has 0 fully saturated rings. The second-order valence-corrected chi connectivity index (χ2v) is 5.86. The third kappa shape index (κ3) is 3.83. The zero-order chi connectivity index (χ0) is 18.7. The molecule has 0 saturated heterocycles. The summed E-state index contributed by atoms with van der Waals surface area (Å²) in [6, 6.07) is 9.19. The first-order valence-corrected chi connectivity index (χ1v) is 7.98. The van der Waals surface area contributed by atoms with E-state index in [1.54, 1.807) is 37.3 Å².